The molecule has 2 aromatic carbocycles. The van der Waals surface area contributed by atoms with E-state index in [1.54, 1.807) is 6.07 Å². The normalized spacial score (nSPS) is 11.9. The van der Waals surface area contributed by atoms with Gasteiger partial charge in [-0.15, -0.1) is 0 Å². The molecule has 2 aromatic rings. The van der Waals surface area contributed by atoms with E-state index in [2.05, 4.69) is 5.32 Å². The fourth-order valence-electron chi connectivity index (χ4n) is 1.96. The first-order valence-electron chi connectivity index (χ1n) is 7.17. The van der Waals surface area contributed by atoms with E-state index in [0.717, 1.165) is 17.7 Å². The molecule has 128 valence electrons. The van der Waals surface area contributed by atoms with Gasteiger partial charge in [0.25, 0.3) is 5.91 Å². The van der Waals surface area contributed by atoms with Crippen molar-refractivity contribution in [3.63, 3.8) is 0 Å². The molecule has 2 N–H and O–H groups in total. The van der Waals surface area contributed by atoms with Crippen LogP contribution in [-0.4, -0.2) is 30.3 Å². The van der Waals surface area contributed by atoms with Crippen molar-refractivity contribution in [2.45, 2.75) is 13.0 Å². The van der Waals surface area contributed by atoms with Gasteiger partial charge in [-0.1, -0.05) is 35.3 Å². The minimum atomic E-state index is -0.926. The summed E-state index contributed by atoms with van der Waals surface area (Å²) in [7, 11) is 0. The SMILES string of the molecule is Cc1cccc(OCC(O)CNC(=O)c2cc(F)c(Cl)cc2Cl)c1. The number of aliphatic hydroxyl groups excluding tert-OH is 1. The van der Waals surface area contributed by atoms with Crippen LogP contribution in [0.25, 0.3) is 0 Å². The molecule has 1 unspecified atom stereocenters. The predicted octanol–water partition coefficient (Wildman–Crippen LogP) is 3.61. The molecule has 2 rings (SSSR count). The zero-order valence-corrected chi connectivity index (χ0v) is 14.4. The molecule has 24 heavy (non-hydrogen) atoms. The number of hydrogen-bond donors (Lipinski definition) is 2. The lowest BCUT2D eigenvalue weighted by Gasteiger charge is -2.14. The zero-order valence-electron chi connectivity index (χ0n) is 12.9. The summed E-state index contributed by atoms with van der Waals surface area (Å²) in [5, 5.41) is 12.2. The number of benzene rings is 2. The number of carbonyl (C=O) groups is 1. The molecule has 0 fully saturated rings. The number of aliphatic hydroxyl groups is 1. The molecule has 0 saturated carbocycles. The molecule has 7 heteroatoms. The Morgan fingerprint density at radius 3 is 2.75 bits per heavy atom. The number of nitrogens with one attached hydrogen (secondary N) is 1. The summed E-state index contributed by atoms with van der Waals surface area (Å²) in [5.41, 5.74) is 0.986. The highest BCUT2D eigenvalue weighted by Crippen LogP contribution is 2.24. The number of hydrogen-bond acceptors (Lipinski definition) is 3. The first-order valence-corrected chi connectivity index (χ1v) is 7.92. The van der Waals surface area contributed by atoms with E-state index in [1.807, 2.05) is 25.1 Å². The fraction of sp³-hybridized carbons (Fsp3) is 0.235. The summed E-state index contributed by atoms with van der Waals surface area (Å²) in [4.78, 5) is 12.0. The fourth-order valence-corrected chi connectivity index (χ4v) is 2.43. The maximum atomic E-state index is 13.4. The van der Waals surface area contributed by atoms with Gasteiger partial charge in [-0.3, -0.25) is 4.79 Å². The van der Waals surface area contributed by atoms with Crippen LogP contribution >= 0.6 is 23.2 Å². The van der Waals surface area contributed by atoms with Crippen LogP contribution in [-0.2, 0) is 0 Å². The molecule has 0 bridgehead atoms. The monoisotopic (exact) mass is 371 g/mol. The van der Waals surface area contributed by atoms with E-state index < -0.39 is 17.8 Å². The van der Waals surface area contributed by atoms with E-state index in [9.17, 15) is 14.3 Å². The number of rotatable bonds is 6. The van der Waals surface area contributed by atoms with Crippen LogP contribution in [0.5, 0.6) is 5.75 Å². The molecular formula is C17H16Cl2FNO3. The Morgan fingerprint density at radius 2 is 2.04 bits per heavy atom. The average Bonchev–Trinajstić information content (AvgIpc) is 2.54. The number of carbonyl (C=O) groups excluding carboxylic acids is 1. The van der Waals surface area contributed by atoms with Gasteiger partial charge in [-0.2, -0.15) is 0 Å². The molecule has 0 aromatic heterocycles. The molecule has 0 aliphatic heterocycles. The highest BCUT2D eigenvalue weighted by Gasteiger charge is 2.15. The number of halogens is 3. The molecule has 1 amide bonds. The van der Waals surface area contributed by atoms with Gasteiger partial charge in [0.15, 0.2) is 0 Å². The smallest absolute Gasteiger partial charge is 0.252 e. The third kappa shape index (κ3) is 5.09. The first kappa shape index (κ1) is 18.5. The highest BCUT2D eigenvalue weighted by molar-refractivity contribution is 6.36. The van der Waals surface area contributed by atoms with Crippen molar-refractivity contribution in [2.24, 2.45) is 0 Å². The van der Waals surface area contributed by atoms with Crippen molar-refractivity contribution in [3.05, 3.63) is 63.4 Å². The van der Waals surface area contributed by atoms with Gasteiger partial charge >= 0.3 is 0 Å². The van der Waals surface area contributed by atoms with Gasteiger partial charge in [0.05, 0.1) is 15.6 Å². The predicted molar refractivity (Wildman–Crippen MR) is 91.4 cm³/mol. The summed E-state index contributed by atoms with van der Waals surface area (Å²) < 4.78 is 18.9. The van der Waals surface area contributed by atoms with E-state index in [4.69, 9.17) is 27.9 Å². The second-order valence-corrected chi connectivity index (χ2v) is 6.05. The van der Waals surface area contributed by atoms with Crippen molar-refractivity contribution in [3.8, 4) is 5.75 Å². The second kappa shape index (κ2) is 8.33. The lowest BCUT2D eigenvalue weighted by molar-refractivity contribution is 0.0843. The molecule has 0 spiro atoms. The minimum Gasteiger partial charge on any atom is -0.491 e. The van der Waals surface area contributed by atoms with E-state index >= 15 is 0 Å². The van der Waals surface area contributed by atoms with Crippen molar-refractivity contribution in [1.29, 1.82) is 0 Å². The van der Waals surface area contributed by atoms with E-state index in [-0.39, 0.29) is 28.8 Å². The Bertz CT molecular complexity index is 740. The molecule has 0 heterocycles. The van der Waals surface area contributed by atoms with Crippen LogP contribution in [0, 0.1) is 12.7 Å². The van der Waals surface area contributed by atoms with E-state index in [0.29, 0.717) is 5.75 Å². The van der Waals surface area contributed by atoms with Crippen molar-refractivity contribution < 1.29 is 19.0 Å². The topological polar surface area (TPSA) is 58.6 Å². The van der Waals surface area contributed by atoms with Crippen LogP contribution < -0.4 is 10.1 Å². The number of amides is 1. The van der Waals surface area contributed by atoms with Crippen LogP contribution in [0.2, 0.25) is 10.0 Å². The second-order valence-electron chi connectivity index (χ2n) is 5.24. The third-order valence-electron chi connectivity index (χ3n) is 3.18. The van der Waals surface area contributed by atoms with Gasteiger partial charge in [-0.25, -0.2) is 4.39 Å². The van der Waals surface area contributed by atoms with Crippen LogP contribution in [0.1, 0.15) is 15.9 Å². The minimum absolute atomic E-state index is 0.00639. The quantitative estimate of drug-likeness (QED) is 0.762. The maximum Gasteiger partial charge on any atom is 0.252 e. The lowest BCUT2D eigenvalue weighted by atomic mass is 10.2. The molecule has 4 nitrogen and oxygen atoms in total. The summed E-state index contributed by atoms with van der Waals surface area (Å²) >= 11 is 11.4. The zero-order chi connectivity index (χ0) is 17.7. The summed E-state index contributed by atoms with van der Waals surface area (Å²) in [6, 6.07) is 9.49. The Labute approximate surface area is 149 Å². The van der Waals surface area contributed by atoms with Gasteiger partial charge in [-0.05, 0) is 36.8 Å². The Morgan fingerprint density at radius 1 is 1.29 bits per heavy atom. The van der Waals surface area contributed by atoms with Crippen LogP contribution in [0.3, 0.4) is 0 Å². The maximum absolute atomic E-state index is 13.4. The van der Waals surface area contributed by atoms with Gasteiger partial charge in [0, 0.05) is 6.54 Å². The van der Waals surface area contributed by atoms with Gasteiger partial charge in [0.2, 0.25) is 0 Å². The number of aryl methyl sites for hydroxylation is 1. The van der Waals surface area contributed by atoms with Crippen LogP contribution in [0.15, 0.2) is 36.4 Å². The standard InChI is InChI=1S/C17H16Cl2FNO3/c1-10-3-2-4-12(5-10)24-9-11(22)8-21-17(23)13-6-16(20)15(19)7-14(13)18/h2-7,11,22H,8-9H2,1H3,(H,21,23). The summed E-state index contributed by atoms with van der Waals surface area (Å²) in [6.45, 7) is 1.87. The highest BCUT2D eigenvalue weighted by atomic mass is 35.5. The van der Waals surface area contributed by atoms with Crippen molar-refractivity contribution in [1.82, 2.24) is 5.32 Å². The van der Waals surface area contributed by atoms with Crippen molar-refractivity contribution >= 4 is 29.1 Å². The lowest BCUT2D eigenvalue weighted by Crippen LogP contribution is -2.35. The van der Waals surface area contributed by atoms with Crippen molar-refractivity contribution in [2.75, 3.05) is 13.2 Å². The largest absolute Gasteiger partial charge is 0.491 e. The summed E-state index contributed by atoms with van der Waals surface area (Å²) in [5.74, 6) is -0.720. The number of ether oxygens (including phenoxy) is 1. The van der Waals surface area contributed by atoms with E-state index in [1.165, 1.54) is 0 Å². The molecule has 0 radical (unpaired) electrons. The Kier molecular flexibility index (Phi) is 6.43. The molecular weight excluding hydrogens is 356 g/mol. The average molecular weight is 372 g/mol. The first-order chi connectivity index (χ1) is 11.4. The molecule has 1 atom stereocenters. The Balaban J connectivity index is 1.86. The third-order valence-corrected chi connectivity index (χ3v) is 3.79. The summed E-state index contributed by atoms with van der Waals surface area (Å²) in [6.07, 6.45) is -0.926. The Hall–Kier alpha value is -1.82. The van der Waals surface area contributed by atoms with Crippen LogP contribution in [0.4, 0.5) is 4.39 Å². The molecule has 0 aliphatic carbocycles. The van der Waals surface area contributed by atoms with Gasteiger partial charge in [0.1, 0.15) is 24.3 Å². The molecule has 0 saturated heterocycles. The molecule has 0 aliphatic rings. The van der Waals surface area contributed by atoms with Gasteiger partial charge < -0.3 is 15.2 Å².